The van der Waals surface area contributed by atoms with Crippen molar-refractivity contribution in [3.8, 4) is 0 Å². The first-order chi connectivity index (χ1) is 5.31. The van der Waals surface area contributed by atoms with E-state index in [2.05, 4.69) is 6.92 Å². The standard InChI is InChI=1S/C5H13NO.H2O4S/c1-2-3-5(6)4-7;1-5(2,3)4/h5,7H,2-4,6H2,1H3;(H2,1,2,3,4). The van der Waals surface area contributed by atoms with Crippen molar-refractivity contribution in [2.75, 3.05) is 6.61 Å². The Morgan fingerprint density at radius 1 is 1.42 bits per heavy atom. The molecule has 0 aliphatic heterocycles. The van der Waals surface area contributed by atoms with Crippen LogP contribution in [-0.4, -0.2) is 35.3 Å². The summed E-state index contributed by atoms with van der Waals surface area (Å²) in [4.78, 5) is 0. The van der Waals surface area contributed by atoms with Crippen LogP contribution < -0.4 is 5.73 Å². The van der Waals surface area contributed by atoms with E-state index in [1.165, 1.54) is 0 Å². The molecule has 0 rings (SSSR count). The van der Waals surface area contributed by atoms with Crippen molar-refractivity contribution in [2.45, 2.75) is 25.8 Å². The summed E-state index contributed by atoms with van der Waals surface area (Å²) >= 11 is 0. The normalized spacial score (nSPS) is 13.1. The SMILES string of the molecule is CCCC(N)CO.O=S(=O)(O)O. The van der Waals surface area contributed by atoms with E-state index in [4.69, 9.17) is 28.4 Å². The maximum Gasteiger partial charge on any atom is 0.394 e. The Morgan fingerprint density at radius 2 is 1.75 bits per heavy atom. The molecule has 0 heterocycles. The van der Waals surface area contributed by atoms with Gasteiger partial charge in [0.15, 0.2) is 0 Å². The fourth-order valence-electron chi connectivity index (χ4n) is 0.462. The van der Waals surface area contributed by atoms with E-state index >= 15 is 0 Å². The monoisotopic (exact) mass is 201 g/mol. The summed E-state index contributed by atoms with van der Waals surface area (Å²) < 4.78 is 31.6. The molecule has 0 spiro atoms. The van der Waals surface area contributed by atoms with E-state index in [1.54, 1.807) is 0 Å². The molecule has 0 bridgehead atoms. The molecule has 1 unspecified atom stereocenters. The zero-order valence-electron chi connectivity index (χ0n) is 6.84. The van der Waals surface area contributed by atoms with Gasteiger partial charge in [-0.25, -0.2) is 0 Å². The van der Waals surface area contributed by atoms with Crippen LogP contribution in [-0.2, 0) is 10.4 Å². The smallest absolute Gasteiger partial charge is 0.394 e. The molecular formula is C5H15NO5S. The summed E-state index contributed by atoms with van der Waals surface area (Å²) in [6.45, 7) is 2.17. The van der Waals surface area contributed by atoms with Gasteiger partial charge in [-0.2, -0.15) is 8.42 Å². The molecule has 0 saturated carbocycles. The minimum Gasteiger partial charge on any atom is -0.395 e. The van der Waals surface area contributed by atoms with Crippen LogP contribution in [0.4, 0.5) is 0 Å². The number of aliphatic hydroxyl groups is 1. The predicted octanol–water partition coefficient (Wildman–Crippen LogP) is -0.547. The first kappa shape index (κ1) is 14.3. The first-order valence-corrected chi connectivity index (χ1v) is 4.77. The molecule has 0 aromatic heterocycles. The molecule has 0 fully saturated rings. The van der Waals surface area contributed by atoms with Crippen LogP contribution in [0.2, 0.25) is 0 Å². The molecule has 1 atom stereocenters. The molecule has 6 nitrogen and oxygen atoms in total. The maximum absolute atomic E-state index is 8.74. The third-order valence-electron chi connectivity index (χ3n) is 0.894. The molecule has 0 radical (unpaired) electrons. The lowest BCUT2D eigenvalue weighted by Gasteiger charge is -2.02. The summed E-state index contributed by atoms with van der Waals surface area (Å²) in [6.07, 6.45) is 1.98. The summed E-state index contributed by atoms with van der Waals surface area (Å²) in [5.41, 5.74) is 5.33. The van der Waals surface area contributed by atoms with Crippen molar-refractivity contribution in [2.24, 2.45) is 5.73 Å². The lowest BCUT2D eigenvalue weighted by atomic mass is 10.2. The molecule has 0 aromatic carbocycles. The van der Waals surface area contributed by atoms with Crippen molar-refractivity contribution in [3.05, 3.63) is 0 Å². The van der Waals surface area contributed by atoms with Crippen LogP contribution in [0.5, 0.6) is 0 Å². The lowest BCUT2D eigenvalue weighted by molar-refractivity contribution is 0.259. The molecule has 12 heavy (non-hydrogen) atoms. The van der Waals surface area contributed by atoms with Crippen LogP contribution in [0.25, 0.3) is 0 Å². The Bertz CT molecular complexity index is 170. The second kappa shape index (κ2) is 7.44. The van der Waals surface area contributed by atoms with Gasteiger partial charge in [0, 0.05) is 6.04 Å². The summed E-state index contributed by atoms with van der Waals surface area (Å²) in [6, 6.07) is 0.00463. The van der Waals surface area contributed by atoms with Gasteiger partial charge in [-0.3, -0.25) is 9.11 Å². The van der Waals surface area contributed by atoms with Crippen LogP contribution in [0.3, 0.4) is 0 Å². The molecule has 0 aliphatic carbocycles. The van der Waals surface area contributed by atoms with Gasteiger partial charge in [0.05, 0.1) is 6.61 Å². The Hall–Kier alpha value is -0.210. The Morgan fingerprint density at radius 3 is 1.83 bits per heavy atom. The Labute approximate surface area is 72.0 Å². The lowest BCUT2D eigenvalue weighted by Crippen LogP contribution is -2.23. The average molecular weight is 201 g/mol. The largest absolute Gasteiger partial charge is 0.395 e. The van der Waals surface area contributed by atoms with E-state index in [0.29, 0.717) is 0 Å². The number of aliphatic hydroxyl groups excluding tert-OH is 1. The van der Waals surface area contributed by atoms with Crippen LogP contribution in [0.15, 0.2) is 0 Å². The number of rotatable bonds is 3. The fourth-order valence-corrected chi connectivity index (χ4v) is 0.462. The second-order valence-electron chi connectivity index (χ2n) is 2.18. The van der Waals surface area contributed by atoms with Crippen LogP contribution in [0, 0.1) is 0 Å². The molecule has 0 amide bonds. The number of nitrogens with two attached hydrogens (primary N) is 1. The van der Waals surface area contributed by atoms with Crippen molar-refractivity contribution >= 4 is 10.4 Å². The molecule has 5 N–H and O–H groups in total. The topological polar surface area (TPSA) is 121 Å². The quantitative estimate of drug-likeness (QED) is 0.455. The van der Waals surface area contributed by atoms with Gasteiger partial charge >= 0.3 is 10.4 Å². The summed E-state index contributed by atoms with van der Waals surface area (Å²) in [5, 5.41) is 8.34. The van der Waals surface area contributed by atoms with Crippen LogP contribution in [0.1, 0.15) is 19.8 Å². The zero-order chi connectivity index (χ0) is 10.2. The fraction of sp³-hybridized carbons (Fsp3) is 1.00. The van der Waals surface area contributed by atoms with Gasteiger partial charge in [-0.15, -0.1) is 0 Å². The molecule has 7 heteroatoms. The summed E-state index contributed by atoms with van der Waals surface area (Å²) in [7, 11) is -4.67. The van der Waals surface area contributed by atoms with Gasteiger partial charge < -0.3 is 10.8 Å². The van der Waals surface area contributed by atoms with Gasteiger partial charge in [0.1, 0.15) is 0 Å². The van der Waals surface area contributed by atoms with Gasteiger partial charge in [-0.05, 0) is 6.42 Å². The minimum absolute atomic E-state index is 0.00463. The van der Waals surface area contributed by atoms with E-state index in [0.717, 1.165) is 12.8 Å². The molecule has 0 saturated heterocycles. The average Bonchev–Trinajstić information content (AvgIpc) is 1.85. The van der Waals surface area contributed by atoms with E-state index in [9.17, 15) is 0 Å². The number of hydrogen-bond acceptors (Lipinski definition) is 4. The van der Waals surface area contributed by atoms with E-state index in [1.807, 2.05) is 0 Å². The number of hydrogen-bond donors (Lipinski definition) is 4. The third kappa shape index (κ3) is 33.0. The van der Waals surface area contributed by atoms with Crippen molar-refractivity contribution in [1.82, 2.24) is 0 Å². The highest BCUT2D eigenvalue weighted by atomic mass is 32.3. The highest BCUT2D eigenvalue weighted by Crippen LogP contribution is 1.89. The molecule has 0 aromatic rings. The third-order valence-corrected chi connectivity index (χ3v) is 0.894. The first-order valence-electron chi connectivity index (χ1n) is 3.37. The second-order valence-corrected chi connectivity index (χ2v) is 3.07. The Kier molecular flexibility index (Phi) is 8.88. The maximum atomic E-state index is 8.74. The van der Waals surface area contributed by atoms with E-state index in [-0.39, 0.29) is 12.6 Å². The highest BCUT2D eigenvalue weighted by molar-refractivity contribution is 7.79. The zero-order valence-corrected chi connectivity index (χ0v) is 7.66. The van der Waals surface area contributed by atoms with Gasteiger partial charge in [0.25, 0.3) is 0 Å². The van der Waals surface area contributed by atoms with Crippen LogP contribution >= 0.6 is 0 Å². The van der Waals surface area contributed by atoms with Gasteiger partial charge in [-0.1, -0.05) is 13.3 Å². The summed E-state index contributed by atoms with van der Waals surface area (Å²) in [5.74, 6) is 0. The van der Waals surface area contributed by atoms with Gasteiger partial charge in [0.2, 0.25) is 0 Å². The minimum atomic E-state index is -4.67. The van der Waals surface area contributed by atoms with Crippen molar-refractivity contribution in [1.29, 1.82) is 0 Å². The molecular weight excluding hydrogens is 186 g/mol. The Balaban J connectivity index is 0. The van der Waals surface area contributed by atoms with E-state index < -0.39 is 10.4 Å². The van der Waals surface area contributed by atoms with Crippen molar-refractivity contribution in [3.63, 3.8) is 0 Å². The van der Waals surface area contributed by atoms with Crippen molar-refractivity contribution < 1.29 is 22.6 Å². The predicted molar refractivity (Wildman–Crippen MR) is 44.1 cm³/mol. The highest BCUT2D eigenvalue weighted by Gasteiger charge is 1.94. The molecule has 76 valence electrons. The molecule has 0 aliphatic rings.